The van der Waals surface area contributed by atoms with Crippen LogP contribution in [0.2, 0.25) is 0 Å². The molecule has 166 valence electrons. The van der Waals surface area contributed by atoms with Gasteiger partial charge in [-0.1, -0.05) is 43.5 Å². The van der Waals surface area contributed by atoms with Crippen LogP contribution >= 0.6 is 0 Å². The number of aromatic nitrogens is 1. The fourth-order valence-electron chi connectivity index (χ4n) is 5.89. The molecule has 6 heteroatoms. The van der Waals surface area contributed by atoms with Gasteiger partial charge in [-0.3, -0.25) is 14.7 Å². The summed E-state index contributed by atoms with van der Waals surface area (Å²) >= 11 is 0. The van der Waals surface area contributed by atoms with Crippen molar-refractivity contribution in [2.75, 3.05) is 13.1 Å². The van der Waals surface area contributed by atoms with Gasteiger partial charge in [0.2, 0.25) is 5.91 Å². The lowest BCUT2D eigenvalue weighted by molar-refractivity contribution is -0.139. The van der Waals surface area contributed by atoms with Crippen LogP contribution < -0.4 is 0 Å². The molecule has 2 aromatic rings. The second-order valence-corrected chi connectivity index (χ2v) is 9.55. The van der Waals surface area contributed by atoms with E-state index < -0.39 is 11.6 Å². The molecule has 3 heterocycles. The van der Waals surface area contributed by atoms with Crippen LogP contribution in [0.15, 0.2) is 42.6 Å². The van der Waals surface area contributed by atoms with E-state index >= 15 is 0 Å². The molecule has 0 radical (unpaired) electrons. The van der Waals surface area contributed by atoms with Crippen molar-refractivity contribution in [2.24, 2.45) is 0 Å². The van der Waals surface area contributed by atoms with Gasteiger partial charge < -0.3 is 10.0 Å². The van der Waals surface area contributed by atoms with E-state index in [-0.39, 0.29) is 5.91 Å². The second kappa shape index (κ2) is 8.65. The Labute approximate surface area is 189 Å². The number of hydrogen-bond acceptors (Lipinski definition) is 5. The molecule has 3 aliphatic rings. The van der Waals surface area contributed by atoms with E-state index in [4.69, 9.17) is 5.26 Å². The van der Waals surface area contributed by atoms with E-state index in [1.165, 1.54) is 19.3 Å². The second-order valence-electron chi connectivity index (χ2n) is 9.55. The summed E-state index contributed by atoms with van der Waals surface area (Å²) in [5, 5.41) is 19.6. The maximum atomic E-state index is 13.6. The van der Waals surface area contributed by atoms with Gasteiger partial charge in [0.15, 0.2) is 0 Å². The highest BCUT2D eigenvalue weighted by molar-refractivity contribution is 5.89. The molecule has 1 amide bonds. The van der Waals surface area contributed by atoms with E-state index in [0.717, 1.165) is 42.6 Å². The molecule has 1 aliphatic carbocycles. The summed E-state index contributed by atoms with van der Waals surface area (Å²) in [6.07, 6.45) is 8.49. The highest BCUT2D eigenvalue weighted by Crippen LogP contribution is 2.42. The number of nitrogens with zero attached hydrogens (tertiary/aromatic N) is 4. The molecule has 2 aliphatic heterocycles. The first kappa shape index (κ1) is 21.1. The van der Waals surface area contributed by atoms with Crippen LogP contribution in [-0.4, -0.2) is 56.6 Å². The van der Waals surface area contributed by atoms with Crippen molar-refractivity contribution in [3.05, 3.63) is 53.7 Å². The third kappa shape index (κ3) is 3.80. The number of aliphatic hydroxyl groups excluding tert-OH is 1. The molecule has 0 unspecified atom stereocenters. The number of aliphatic hydroxyl groups is 1. The van der Waals surface area contributed by atoms with Crippen molar-refractivity contribution in [1.82, 2.24) is 14.8 Å². The van der Waals surface area contributed by atoms with Crippen LogP contribution in [-0.2, 0) is 11.3 Å². The fraction of sp³-hybridized carbons (Fsp3) is 0.500. The molecule has 1 N–H and O–H groups in total. The van der Waals surface area contributed by atoms with E-state index in [1.807, 2.05) is 12.1 Å². The fourth-order valence-corrected chi connectivity index (χ4v) is 5.89. The average molecular weight is 431 g/mol. The first-order valence-corrected chi connectivity index (χ1v) is 11.8. The van der Waals surface area contributed by atoms with Gasteiger partial charge in [-0.05, 0) is 37.0 Å². The molecule has 2 atom stereocenters. The number of hydrogen-bond donors (Lipinski definition) is 1. The Kier molecular flexibility index (Phi) is 5.71. The van der Waals surface area contributed by atoms with Crippen LogP contribution in [0.1, 0.15) is 56.1 Å². The molecule has 3 fully saturated rings. The van der Waals surface area contributed by atoms with Crippen molar-refractivity contribution in [2.45, 2.75) is 69.2 Å². The molecule has 2 saturated heterocycles. The number of pyridine rings is 1. The first-order valence-electron chi connectivity index (χ1n) is 11.8. The zero-order valence-corrected chi connectivity index (χ0v) is 18.4. The molecule has 1 spiro atoms. The minimum atomic E-state index is -0.557. The summed E-state index contributed by atoms with van der Waals surface area (Å²) in [4.78, 5) is 22.3. The molecular formula is C26H30N4O2. The highest BCUT2D eigenvalue weighted by atomic mass is 16.3. The minimum Gasteiger partial charge on any atom is -0.392 e. The van der Waals surface area contributed by atoms with Crippen LogP contribution in [0, 0.1) is 11.3 Å². The van der Waals surface area contributed by atoms with Crippen LogP contribution in [0.5, 0.6) is 0 Å². The summed E-state index contributed by atoms with van der Waals surface area (Å²) in [6.45, 7) is 2.00. The normalized spacial score (nSPS) is 26.7. The topological polar surface area (TPSA) is 80.5 Å². The summed E-state index contributed by atoms with van der Waals surface area (Å²) in [7, 11) is 0. The average Bonchev–Trinajstić information content (AvgIpc) is 3.33. The van der Waals surface area contributed by atoms with Crippen molar-refractivity contribution in [3.8, 4) is 17.3 Å². The number of β-amino-alcohol motifs (C(OH)–C–C–N with tert-alkyl or cyclic N) is 1. The molecule has 1 aromatic carbocycles. The molecule has 1 aromatic heterocycles. The van der Waals surface area contributed by atoms with E-state index in [0.29, 0.717) is 31.1 Å². The Hall–Kier alpha value is -2.75. The van der Waals surface area contributed by atoms with Crippen molar-refractivity contribution >= 4 is 5.91 Å². The van der Waals surface area contributed by atoms with Gasteiger partial charge in [-0.25, -0.2) is 0 Å². The van der Waals surface area contributed by atoms with Crippen molar-refractivity contribution in [3.63, 3.8) is 0 Å². The van der Waals surface area contributed by atoms with E-state index in [1.54, 1.807) is 18.3 Å². The lowest BCUT2D eigenvalue weighted by Gasteiger charge is -2.36. The quantitative estimate of drug-likeness (QED) is 0.803. The molecule has 5 rings (SSSR count). The monoisotopic (exact) mass is 430 g/mol. The van der Waals surface area contributed by atoms with Gasteiger partial charge in [0, 0.05) is 43.9 Å². The largest absolute Gasteiger partial charge is 0.392 e. The maximum Gasteiger partial charge on any atom is 0.243 e. The van der Waals surface area contributed by atoms with Gasteiger partial charge in [0.05, 0.1) is 23.4 Å². The molecule has 6 nitrogen and oxygen atoms in total. The molecule has 0 bridgehead atoms. The smallest absolute Gasteiger partial charge is 0.243 e. The predicted molar refractivity (Wildman–Crippen MR) is 121 cm³/mol. The van der Waals surface area contributed by atoms with Gasteiger partial charge in [0.1, 0.15) is 5.54 Å². The van der Waals surface area contributed by atoms with Crippen LogP contribution in [0.3, 0.4) is 0 Å². The molecule has 1 saturated carbocycles. The maximum absolute atomic E-state index is 13.6. The van der Waals surface area contributed by atoms with Gasteiger partial charge >= 0.3 is 0 Å². The Bertz CT molecular complexity index is 1020. The van der Waals surface area contributed by atoms with E-state index in [2.05, 4.69) is 33.0 Å². The first-order chi connectivity index (χ1) is 15.6. The third-order valence-electron chi connectivity index (χ3n) is 7.56. The lowest BCUT2D eigenvalue weighted by Crippen LogP contribution is -2.51. The zero-order chi connectivity index (χ0) is 22.1. The van der Waals surface area contributed by atoms with Crippen molar-refractivity contribution in [1.29, 1.82) is 5.26 Å². The Morgan fingerprint density at radius 1 is 1.16 bits per heavy atom. The molecule has 32 heavy (non-hydrogen) atoms. The Balaban J connectivity index is 1.33. The SMILES string of the molecule is N#Cc1ccnc(-c2ccc(CN3C[C@H](O)C[C@]34CCN(C3CCCCC3)C4=O)cc2)c1. The Morgan fingerprint density at radius 3 is 2.69 bits per heavy atom. The number of carbonyl (C=O) groups excluding carboxylic acids is 1. The Morgan fingerprint density at radius 2 is 1.94 bits per heavy atom. The number of likely N-dealkylation sites (tertiary alicyclic amines) is 2. The number of rotatable bonds is 4. The number of amides is 1. The summed E-state index contributed by atoms with van der Waals surface area (Å²) < 4.78 is 0. The van der Waals surface area contributed by atoms with Gasteiger partial charge in [-0.2, -0.15) is 5.26 Å². The summed E-state index contributed by atoms with van der Waals surface area (Å²) in [5.74, 6) is 0.232. The molecular weight excluding hydrogens is 400 g/mol. The number of benzene rings is 1. The summed E-state index contributed by atoms with van der Waals surface area (Å²) in [6, 6.07) is 14.2. The predicted octanol–water partition coefficient (Wildman–Crippen LogP) is 3.49. The zero-order valence-electron chi connectivity index (χ0n) is 18.4. The number of nitriles is 1. The van der Waals surface area contributed by atoms with E-state index in [9.17, 15) is 9.90 Å². The standard InChI is InChI=1S/C26H30N4O2/c27-16-20-10-12-28-24(14-20)21-8-6-19(7-9-21)17-29-18-23(31)15-26(29)11-13-30(25(26)32)22-4-2-1-3-5-22/h6-10,12,14,22-23,31H,1-5,11,13,15,17-18H2/t23-,26+/m1/s1. The third-order valence-corrected chi connectivity index (χ3v) is 7.56. The van der Waals surface area contributed by atoms with Gasteiger partial charge in [-0.15, -0.1) is 0 Å². The summed E-state index contributed by atoms with van der Waals surface area (Å²) in [5.41, 5.74) is 2.88. The minimum absolute atomic E-state index is 0.232. The number of carbonyl (C=O) groups is 1. The lowest BCUT2D eigenvalue weighted by atomic mass is 9.91. The van der Waals surface area contributed by atoms with Crippen molar-refractivity contribution < 1.29 is 9.90 Å². The highest BCUT2D eigenvalue weighted by Gasteiger charge is 2.56. The van der Waals surface area contributed by atoms with Gasteiger partial charge in [0.25, 0.3) is 0 Å². The van der Waals surface area contributed by atoms with Crippen LogP contribution in [0.25, 0.3) is 11.3 Å². The van der Waals surface area contributed by atoms with Crippen LogP contribution in [0.4, 0.5) is 0 Å².